The van der Waals surface area contributed by atoms with Gasteiger partial charge in [0.2, 0.25) is 11.0 Å². The molecule has 8 nitrogen and oxygen atoms in total. The van der Waals surface area contributed by atoms with Crippen molar-refractivity contribution >= 4 is 38.1 Å². The van der Waals surface area contributed by atoms with Crippen molar-refractivity contribution in [1.29, 1.82) is 0 Å². The molecule has 1 aromatic heterocycles. The largest absolute Gasteiger partial charge is 0.494 e. The molecule has 0 saturated heterocycles. The zero-order valence-corrected chi connectivity index (χ0v) is 19.9. The van der Waals surface area contributed by atoms with Gasteiger partial charge >= 0.3 is 0 Å². The minimum Gasteiger partial charge on any atom is -0.494 e. The Balaban J connectivity index is 1.56. The highest BCUT2D eigenvalue weighted by Crippen LogP contribution is 2.27. The number of rotatable bonds is 9. The lowest BCUT2D eigenvalue weighted by molar-refractivity contribution is -0.114. The van der Waals surface area contributed by atoms with Crippen LogP contribution in [0.2, 0.25) is 0 Å². The van der Waals surface area contributed by atoms with Gasteiger partial charge in [0.25, 0.3) is 10.0 Å². The molecule has 4 aromatic rings. The second kappa shape index (κ2) is 10.4. The van der Waals surface area contributed by atoms with E-state index in [-0.39, 0.29) is 10.0 Å². The van der Waals surface area contributed by atoms with Gasteiger partial charge in [-0.3, -0.25) is 14.4 Å². The molecule has 0 aliphatic rings. The molecule has 1 heterocycles. The van der Waals surface area contributed by atoms with Crippen molar-refractivity contribution in [3.63, 3.8) is 0 Å². The van der Waals surface area contributed by atoms with Gasteiger partial charge in [0, 0.05) is 5.56 Å². The van der Waals surface area contributed by atoms with E-state index in [0.717, 1.165) is 9.87 Å². The van der Waals surface area contributed by atoms with E-state index in [4.69, 9.17) is 4.74 Å². The van der Waals surface area contributed by atoms with Crippen molar-refractivity contribution in [3.8, 4) is 16.3 Å². The molecule has 0 saturated carbocycles. The SMILES string of the molecule is CCOc1ccc(S(=O)(=O)N(CC(=O)Nc2nnc(-c3ccccc3)s2)c2ccccc2)cc1. The fraction of sp³-hybridized carbons (Fsp3) is 0.125. The second-order valence-electron chi connectivity index (χ2n) is 7.08. The van der Waals surface area contributed by atoms with Crippen LogP contribution in [0.5, 0.6) is 5.75 Å². The molecule has 0 radical (unpaired) electrons. The van der Waals surface area contributed by atoms with E-state index in [9.17, 15) is 13.2 Å². The molecule has 1 N–H and O–H groups in total. The molecule has 4 rings (SSSR count). The van der Waals surface area contributed by atoms with Gasteiger partial charge < -0.3 is 4.74 Å². The van der Waals surface area contributed by atoms with Crippen LogP contribution in [-0.2, 0) is 14.8 Å². The number of carbonyl (C=O) groups excluding carboxylic acids is 1. The number of anilines is 2. The predicted molar refractivity (Wildman–Crippen MR) is 133 cm³/mol. The molecule has 174 valence electrons. The summed E-state index contributed by atoms with van der Waals surface area (Å²) in [5, 5.41) is 11.7. The first-order chi connectivity index (χ1) is 16.5. The fourth-order valence-electron chi connectivity index (χ4n) is 3.17. The Labute approximate surface area is 201 Å². The minimum atomic E-state index is -4.03. The van der Waals surface area contributed by atoms with E-state index in [1.807, 2.05) is 37.3 Å². The van der Waals surface area contributed by atoms with Crippen molar-refractivity contribution in [2.24, 2.45) is 0 Å². The Bertz CT molecular complexity index is 1340. The van der Waals surface area contributed by atoms with Gasteiger partial charge in [-0.15, -0.1) is 10.2 Å². The first kappa shape index (κ1) is 23.4. The van der Waals surface area contributed by atoms with Gasteiger partial charge in [-0.1, -0.05) is 59.9 Å². The third-order valence-corrected chi connectivity index (χ3v) is 7.42. The number of hydrogen-bond acceptors (Lipinski definition) is 7. The average molecular weight is 495 g/mol. The van der Waals surface area contributed by atoms with E-state index >= 15 is 0 Å². The molecule has 1 amide bonds. The standard InChI is InChI=1S/C24H22N4O4S2/c1-2-32-20-13-15-21(16-14-20)34(30,31)28(19-11-7-4-8-12-19)17-22(29)25-24-27-26-23(33-24)18-9-5-3-6-10-18/h3-16H,2,17H2,1H3,(H,25,27,29). The lowest BCUT2D eigenvalue weighted by atomic mass is 10.2. The number of aromatic nitrogens is 2. The Kier molecular flexibility index (Phi) is 7.19. The van der Waals surface area contributed by atoms with Crippen LogP contribution in [-0.4, -0.2) is 37.7 Å². The van der Waals surface area contributed by atoms with Crippen LogP contribution >= 0.6 is 11.3 Å². The molecule has 10 heteroatoms. The van der Waals surface area contributed by atoms with E-state index in [2.05, 4.69) is 15.5 Å². The Morgan fingerprint density at radius 3 is 2.24 bits per heavy atom. The summed E-state index contributed by atoms with van der Waals surface area (Å²) < 4.78 is 33.4. The molecule has 3 aromatic carbocycles. The van der Waals surface area contributed by atoms with E-state index < -0.39 is 22.5 Å². The van der Waals surface area contributed by atoms with Gasteiger partial charge in [-0.25, -0.2) is 8.42 Å². The molecule has 0 aliphatic carbocycles. The maximum Gasteiger partial charge on any atom is 0.264 e. The quantitative estimate of drug-likeness (QED) is 0.369. The van der Waals surface area contributed by atoms with Crippen molar-refractivity contribution in [2.75, 3.05) is 22.8 Å². The normalized spacial score (nSPS) is 11.1. The van der Waals surface area contributed by atoms with Gasteiger partial charge in [0.15, 0.2) is 0 Å². The maximum atomic E-state index is 13.5. The summed E-state index contributed by atoms with van der Waals surface area (Å²) in [5.41, 5.74) is 1.25. The summed E-state index contributed by atoms with van der Waals surface area (Å²) in [4.78, 5) is 12.9. The summed E-state index contributed by atoms with van der Waals surface area (Å²) in [7, 11) is -4.03. The zero-order chi connectivity index (χ0) is 24.0. The highest BCUT2D eigenvalue weighted by Gasteiger charge is 2.27. The fourth-order valence-corrected chi connectivity index (χ4v) is 5.36. The lowest BCUT2D eigenvalue weighted by Gasteiger charge is -2.24. The van der Waals surface area contributed by atoms with Crippen LogP contribution < -0.4 is 14.4 Å². The summed E-state index contributed by atoms with van der Waals surface area (Å²) in [6.07, 6.45) is 0. The highest BCUT2D eigenvalue weighted by molar-refractivity contribution is 7.92. The topological polar surface area (TPSA) is 101 Å². The first-order valence-corrected chi connectivity index (χ1v) is 12.7. The third kappa shape index (κ3) is 5.41. The summed E-state index contributed by atoms with van der Waals surface area (Å²) in [5.74, 6) is 0.0325. The van der Waals surface area contributed by atoms with E-state index in [1.54, 1.807) is 42.5 Å². The molecular weight excluding hydrogens is 472 g/mol. The summed E-state index contributed by atoms with van der Waals surface area (Å²) in [6, 6.07) is 24.0. The van der Waals surface area contributed by atoms with Crippen LogP contribution in [0.25, 0.3) is 10.6 Å². The summed E-state index contributed by atoms with van der Waals surface area (Å²) >= 11 is 1.21. The second-order valence-corrected chi connectivity index (χ2v) is 9.92. The zero-order valence-electron chi connectivity index (χ0n) is 18.3. The van der Waals surface area contributed by atoms with Crippen LogP contribution in [0.3, 0.4) is 0 Å². The number of nitrogens with zero attached hydrogens (tertiary/aromatic N) is 3. The van der Waals surface area contributed by atoms with Crippen molar-refractivity contribution < 1.29 is 17.9 Å². The van der Waals surface area contributed by atoms with Crippen molar-refractivity contribution in [2.45, 2.75) is 11.8 Å². The molecule has 0 fully saturated rings. The third-order valence-electron chi connectivity index (χ3n) is 4.75. The van der Waals surface area contributed by atoms with E-state index in [0.29, 0.717) is 23.1 Å². The Morgan fingerprint density at radius 2 is 1.59 bits per heavy atom. The number of para-hydroxylation sites is 1. The van der Waals surface area contributed by atoms with Gasteiger partial charge in [0.1, 0.15) is 17.3 Å². The van der Waals surface area contributed by atoms with Crippen LogP contribution in [0.4, 0.5) is 10.8 Å². The van der Waals surface area contributed by atoms with Gasteiger partial charge in [0.05, 0.1) is 17.2 Å². The molecule has 34 heavy (non-hydrogen) atoms. The van der Waals surface area contributed by atoms with Crippen molar-refractivity contribution in [1.82, 2.24) is 10.2 Å². The Hall–Kier alpha value is -3.76. The Morgan fingerprint density at radius 1 is 0.941 bits per heavy atom. The molecule has 0 unspecified atom stereocenters. The molecule has 0 atom stereocenters. The first-order valence-electron chi connectivity index (χ1n) is 10.5. The maximum absolute atomic E-state index is 13.5. The minimum absolute atomic E-state index is 0.0508. The number of benzene rings is 3. The van der Waals surface area contributed by atoms with Crippen LogP contribution in [0, 0.1) is 0 Å². The number of sulfonamides is 1. The van der Waals surface area contributed by atoms with E-state index in [1.165, 1.54) is 23.5 Å². The average Bonchev–Trinajstić information content (AvgIpc) is 3.32. The van der Waals surface area contributed by atoms with Crippen molar-refractivity contribution in [3.05, 3.63) is 84.9 Å². The number of amides is 1. The van der Waals surface area contributed by atoms with Gasteiger partial charge in [-0.05, 0) is 43.3 Å². The molecular formula is C24H22N4O4S2. The smallest absolute Gasteiger partial charge is 0.264 e. The number of hydrogen-bond donors (Lipinski definition) is 1. The highest BCUT2D eigenvalue weighted by atomic mass is 32.2. The molecule has 0 bridgehead atoms. The monoisotopic (exact) mass is 494 g/mol. The van der Waals surface area contributed by atoms with Crippen LogP contribution in [0.15, 0.2) is 89.8 Å². The predicted octanol–water partition coefficient (Wildman–Crippen LogP) is 4.44. The lowest BCUT2D eigenvalue weighted by Crippen LogP contribution is -2.38. The number of nitrogens with one attached hydrogen (secondary N) is 1. The summed E-state index contributed by atoms with van der Waals surface area (Å²) in [6.45, 7) is 1.89. The van der Waals surface area contributed by atoms with Gasteiger partial charge in [-0.2, -0.15) is 0 Å². The number of carbonyl (C=O) groups is 1. The molecule has 0 aliphatic heterocycles. The number of ether oxygens (including phenoxy) is 1. The molecule has 0 spiro atoms. The van der Waals surface area contributed by atoms with Crippen LogP contribution in [0.1, 0.15) is 6.92 Å².